The quantitative estimate of drug-likeness (QED) is 0.444. The molecule has 5 heteroatoms. The molecule has 62 valence electrons. The Morgan fingerprint density at radius 2 is 1.30 bits per heavy atom. The lowest BCUT2D eigenvalue weighted by atomic mass is 10.4. The van der Waals surface area contributed by atoms with Gasteiger partial charge in [0.25, 0.3) is 0 Å². The van der Waals surface area contributed by atoms with E-state index >= 15 is 0 Å². The van der Waals surface area contributed by atoms with Crippen molar-refractivity contribution in [3.63, 3.8) is 0 Å². The van der Waals surface area contributed by atoms with Crippen LogP contribution >= 0.6 is 24.6 Å². The summed E-state index contributed by atoms with van der Waals surface area (Å²) in [5.74, 6) is 0. The molecule has 0 aliphatic carbocycles. The van der Waals surface area contributed by atoms with Gasteiger partial charge in [0.1, 0.15) is 0 Å². The average Bonchev–Trinajstić information content (AvgIpc) is 1.93. The molecule has 3 nitrogen and oxygen atoms in total. The van der Waals surface area contributed by atoms with Crippen LogP contribution in [0.1, 0.15) is 0 Å². The molecule has 4 N–H and O–H groups in total. The molecule has 0 aromatic rings. The fourth-order valence-corrected chi connectivity index (χ4v) is 0.604. The van der Waals surface area contributed by atoms with Crippen molar-refractivity contribution in [3.05, 3.63) is 0 Å². The molecule has 0 aromatic heterocycles. The first kappa shape index (κ1) is 12.7. The van der Waals surface area contributed by atoms with Crippen molar-refractivity contribution in [2.24, 2.45) is 5.73 Å². The van der Waals surface area contributed by atoms with Gasteiger partial charge in [0.15, 0.2) is 0 Å². The summed E-state index contributed by atoms with van der Waals surface area (Å²) < 4.78 is 0. The number of nitrogens with one attached hydrogen (secondary N) is 2. The number of nitrogens with two attached hydrogens (primary N) is 1. The average molecular weight is 184 g/mol. The maximum absolute atomic E-state index is 4.54. The van der Waals surface area contributed by atoms with Crippen LogP contribution in [-0.4, -0.2) is 31.7 Å². The lowest BCUT2D eigenvalue weighted by molar-refractivity contribution is 0.534. The molecule has 1 aliphatic rings. The molecule has 0 radical (unpaired) electrons. The van der Waals surface area contributed by atoms with E-state index in [9.17, 15) is 0 Å². The standard InChI is InChI=1S/C4H10N2.CH3NS.ClH/c1-2-6-4-3-5-1;2-1-3;/h5-6H,1-4H2;1H,(H2,2,3);1H. The van der Waals surface area contributed by atoms with Gasteiger partial charge in [0, 0.05) is 26.2 Å². The molecule has 0 unspecified atom stereocenters. The van der Waals surface area contributed by atoms with Gasteiger partial charge < -0.3 is 16.4 Å². The molecular formula is C5H14ClN3S. The molecule has 0 bridgehead atoms. The molecule has 1 saturated heterocycles. The van der Waals surface area contributed by atoms with Crippen molar-refractivity contribution in [1.82, 2.24) is 10.6 Å². The van der Waals surface area contributed by atoms with Crippen LogP contribution in [0, 0.1) is 0 Å². The number of piperazine rings is 1. The Morgan fingerprint density at radius 1 is 1.10 bits per heavy atom. The fraction of sp³-hybridized carbons (Fsp3) is 0.800. The van der Waals surface area contributed by atoms with Crippen LogP contribution in [-0.2, 0) is 0 Å². The van der Waals surface area contributed by atoms with Gasteiger partial charge in [-0.2, -0.15) is 0 Å². The maximum Gasteiger partial charge on any atom is 0.0588 e. The van der Waals surface area contributed by atoms with Crippen molar-refractivity contribution in [1.29, 1.82) is 0 Å². The van der Waals surface area contributed by atoms with Crippen molar-refractivity contribution in [3.8, 4) is 0 Å². The van der Waals surface area contributed by atoms with Gasteiger partial charge >= 0.3 is 0 Å². The number of thiocarbonyl (C=S) groups is 1. The molecule has 0 atom stereocenters. The van der Waals surface area contributed by atoms with E-state index in [1.807, 2.05) is 0 Å². The van der Waals surface area contributed by atoms with Crippen LogP contribution in [0.15, 0.2) is 0 Å². The first-order chi connectivity index (χ1) is 4.41. The summed E-state index contributed by atoms with van der Waals surface area (Å²) in [4.78, 5) is 0. The number of halogens is 1. The normalized spacial score (nSPS) is 15.6. The molecule has 0 amide bonds. The summed E-state index contributed by atoms with van der Waals surface area (Å²) in [6.45, 7) is 4.56. The Morgan fingerprint density at radius 3 is 1.40 bits per heavy atom. The van der Waals surface area contributed by atoms with Gasteiger partial charge in [-0.3, -0.25) is 0 Å². The molecule has 1 fully saturated rings. The topological polar surface area (TPSA) is 50.1 Å². The van der Waals surface area contributed by atoms with Crippen molar-refractivity contribution < 1.29 is 0 Å². The summed E-state index contributed by atoms with van der Waals surface area (Å²) >= 11 is 4.05. The molecule has 10 heavy (non-hydrogen) atoms. The number of hydrogen-bond donors (Lipinski definition) is 3. The van der Waals surface area contributed by atoms with Crippen molar-refractivity contribution in [2.45, 2.75) is 0 Å². The van der Waals surface area contributed by atoms with E-state index in [1.165, 1.54) is 0 Å². The molecule has 1 aliphatic heterocycles. The zero-order valence-electron chi connectivity index (χ0n) is 5.80. The second-order valence-corrected chi connectivity index (χ2v) is 1.91. The molecule has 0 saturated carbocycles. The first-order valence-corrected chi connectivity index (χ1v) is 3.45. The SMILES string of the molecule is C1CNCCN1.Cl.NC=S. The molecule has 0 spiro atoms. The van der Waals surface area contributed by atoms with Gasteiger partial charge in [-0.05, 0) is 0 Å². The Hall–Kier alpha value is 0.1000. The highest BCUT2D eigenvalue weighted by atomic mass is 35.5. The predicted octanol–water partition coefficient (Wildman–Crippen LogP) is -0.497. The highest BCUT2D eigenvalue weighted by Gasteiger charge is 1.91. The third-order valence-electron chi connectivity index (χ3n) is 0.957. The van der Waals surface area contributed by atoms with E-state index in [0.29, 0.717) is 0 Å². The monoisotopic (exact) mass is 183 g/mol. The second kappa shape index (κ2) is 11.8. The van der Waals surface area contributed by atoms with Crippen LogP contribution in [0.3, 0.4) is 0 Å². The van der Waals surface area contributed by atoms with E-state index in [4.69, 9.17) is 0 Å². The van der Waals surface area contributed by atoms with Gasteiger partial charge in [-0.25, -0.2) is 0 Å². The van der Waals surface area contributed by atoms with E-state index in [2.05, 4.69) is 28.6 Å². The third kappa shape index (κ3) is 11.0. The smallest absolute Gasteiger partial charge is 0.0588 e. The van der Waals surface area contributed by atoms with Crippen molar-refractivity contribution >= 4 is 30.1 Å². The molecule has 1 rings (SSSR count). The van der Waals surface area contributed by atoms with Crippen molar-refractivity contribution in [2.75, 3.05) is 26.2 Å². The second-order valence-electron chi connectivity index (χ2n) is 1.64. The molecular weight excluding hydrogens is 170 g/mol. The minimum Gasteiger partial charge on any atom is -0.396 e. The number of rotatable bonds is 0. The van der Waals surface area contributed by atoms with Gasteiger partial charge in [0.05, 0.1) is 5.49 Å². The van der Waals surface area contributed by atoms with Gasteiger partial charge in [0.2, 0.25) is 0 Å². The van der Waals surface area contributed by atoms with E-state index in [-0.39, 0.29) is 12.4 Å². The zero-order chi connectivity index (χ0) is 6.95. The summed E-state index contributed by atoms with van der Waals surface area (Å²) in [6, 6.07) is 0. The Bertz CT molecular complexity index is 56.4. The van der Waals surface area contributed by atoms with Crippen LogP contribution in [0.25, 0.3) is 0 Å². The van der Waals surface area contributed by atoms with Crippen LogP contribution in [0.4, 0.5) is 0 Å². The highest BCUT2D eigenvalue weighted by Crippen LogP contribution is 1.65. The minimum absolute atomic E-state index is 0. The molecule has 0 aromatic carbocycles. The lowest BCUT2D eigenvalue weighted by Crippen LogP contribution is -2.39. The fourth-order valence-electron chi connectivity index (χ4n) is 0.604. The Kier molecular flexibility index (Phi) is 15.1. The lowest BCUT2D eigenvalue weighted by Gasteiger charge is -2.11. The third-order valence-corrected chi connectivity index (χ3v) is 0.957. The highest BCUT2D eigenvalue weighted by molar-refractivity contribution is 7.78. The summed E-state index contributed by atoms with van der Waals surface area (Å²) in [5.41, 5.74) is 5.62. The summed E-state index contributed by atoms with van der Waals surface area (Å²) in [6.07, 6.45) is 0. The van der Waals surface area contributed by atoms with Crippen LogP contribution < -0.4 is 16.4 Å². The summed E-state index contributed by atoms with van der Waals surface area (Å²) in [7, 11) is 0. The van der Waals surface area contributed by atoms with E-state index in [0.717, 1.165) is 31.7 Å². The van der Waals surface area contributed by atoms with Gasteiger partial charge in [-0.15, -0.1) is 12.4 Å². The Labute approximate surface area is 73.2 Å². The molecule has 1 heterocycles. The van der Waals surface area contributed by atoms with E-state index in [1.54, 1.807) is 0 Å². The Balaban J connectivity index is 0. The summed E-state index contributed by atoms with van der Waals surface area (Å²) in [5, 5.41) is 6.44. The van der Waals surface area contributed by atoms with Gasteiger partial charge in [-0.1, -0.05) is 12.2 Å². The first-order valence-electron chi connectivity index (χ1n) is 2.98. The van der Waals surface area contributed by atoms with E-state index < -0.39 is 0 Å². The van der Waals surface area contributed by atoms with Crippen LogP contribution in [0.2, 0.25) is 0 Å². The maximum atomic E-state index is 4.54. The largest absolute Gasteiger partial charge is 0.396 e. The van der Waals surface area contributed by atoms with Crippen LogP contribution in [0.5, 0.6) is 0 Å². The number of hydrogen-bond acceptors (Lipinski definition) is 3. The minimum atomic E-state index is 0. The zero-order valence-corrected chi connectivity index (χ0v) is 7.43. The predicted molar refractivity (Wildman–Crippen MR) is 50.8 cm³/mol.